The molecule has 2 aliphatic carbocycles. The summed E-state index contributed by atoms with van der Waals surface area (Å²) in [6.07, 6.45) is 8.30. The van der Waals surface area contributed by atoms with Gasteiger partial charge in [-0.25, -0.2) is 9.78 Å². The zero-order valence-electron chi connectivity index (χ0n) is 19.2. The first kappa shape index (κ1) is 22.6. The van der Waals surface area contributed by atoms with Crippen LogP contribution in [-0.4, -0.2) is 42.2 Å². The van der Waals surface area contributed by atoms with Gasteiger partial charge in [0, 0.05) is 42.5 Å². The fourth-order valence-corrected chi connectivity index (χ4v) is 4.82. The number of amides is 2. The average molecular weight is 457 g/mol. The highest BCUT2D eigenvalue weighted by molar-refractivity contribution is 6.31. The smallest absolute Gasteiger partial charge is 0.319 e. The van der Waals surface area contributed by atoms with Crippen molar-refractivity contribution in [1.29, 1.82) is 0 Å². The second kappa shape index (κ2) is 9.94. The molecule has 2 aliphatic rings. The number of aromatic nitrogens is 2. The van der Waals surface area contributed by atoms with Gasteiger partial charge in [0.15, 0.2) is 0 Å². The topological polar surface area (TPSA) is 82.2 Å². The summed E-state index contributed by atoms with van der Waals surface area (Å²) in [6, 6.07) is 5.80. The van der Waals surface area contributed by atoms with Gasteiger partial charge in [-0.1, -0.05) is 17.7 Å². The van der Waals surface area contributed by atoms with Crippen LogP contribution in [0.25, 0.3) is 0 Å². The maximum atomic E-state index is 12.4. The van der Waals surface area contributed by atoms with Crippen LogP contribution in [0.2, 0.25) is 5.02 Å². The van der Waals surface area contributed by atoms with Crippen molar-refractivity contribution >= 4 is 35.1 Å². The summed E-state index contributed by atoms with van der Waals surface area (Å²) in [4.78, 5) is 24.2. The highest BCUT2D eigenvalue weighted by atomic mass is 35.5. The minimum absolute atomic E-state index is 0.161. The first-order chi connectivity index (χ1) is 15.4. The third-order valence-corrected chi connectivity index (χ3v) is 6.66. The number of urea groups is 1. The molecule has 0 aliphatic heterocycles. The Hall–Kier alpha value is -2.54. The lowest BCUT2D eigenvalue weighted by atomic mass is 9.91. The summed E-state index contributed by atoms with van der Waals surface area (Å²) < 4.78 is 0. The third-order valence-electron chi connectivity index (χ3n) is 6.43. The Morgan fingerprint density at radius 2 is 1.78 bits per heavy atom. The van der Waals surface area contributed by atoms with Gasteiger partial charge in [-0.3, -0.25) is 0 Å². The minimum atomic E-state index is -0.180. The number of aryl methyl sites for hydroxylation is 2. The molecule has 0 bridgehead atoms. The van der Waals surface area contributed by atoms with Gasteiger partial charge >= 0.3 is 6.03 Å². The molecule has 1 aromatic heterocycles. The summed E-state index contributed by atoms with van der Waals surface area (Å²) in [5, 5.41) is 10.2. The molecule has 32 heavy (non-hydrogen) atoms. The van der Waals surface area contributed by atoms with Crippen LogP contribution < -0.4 is 20.9 Å². The van der Waals surface area contributed by atoms with E-state index in [-0.39, 0.29) is 12.1 Å². The lowest BCUT2D eigenvalue weighted by Gasteiger charge is -2.30. The van der Waals surface area contributed by atoms with E-state index in [0.29, 0.717) is 11.1 Å². The van der Waals surface area contributed by atoms with Crippen molar-refractivity contribution in [3.8, 4) is 0 Å². The minimum Gasteiger partial charge on any atom is -0.362 e. The molecule has 2 amide bonds. The summed E-state index contributed by atoms with van der Waals surface area (Å²) in [7, 11) is 4.10. The van der Waals surface area contributed by atoms with Crippen LogP contribution in [0.5, 0.6) is 0 Å². The maximum Gasteiger partial charge on any atom is 0.319 e. The van der Waals surface area contributed by atoms with Crippen molar-refractivity contribution in [2.45, 2.75) is 70.4 Å². The molecule has 1 fully saturated rings. The van der Waals surface area contributed by atoms with Gasteiger partial charge < -0.3 is 20.9 Å². The Kier molecular flexibility index (Phi) is 7.04. The summed E-state index contributed by atoms with van der Waals surface area (Å²) >= 11 is 6.05. The SMILES string of the molecule is Cc1ccc(Cl)cc1NC(=O)NC1CCC(Nc2nc3c(c(N(C)C)n2)CCCC3)CC1. The molecule has 1 heterocycles. The monoisotopic (exact) mass is 456 g/mol. The second-order valence-corrected chi connectivity index (χ2v) is 9.58. The van der Waals surface area contributed by atoms with Gasteiger partial charge in [0.05, 0.1) is 5.69 Å². The zero-order chi connectivity index (χ0) is 22.7. The van der Waals surface area contributed by atoms with Gasteiger partial charge in [-0.15, -0.1) is 0 Å². The van der Waals surface area contributed by atoms with Crippen LogP contribution in [0.3, 0.4) is 0 Å². The van der Waals surface area contributed by atoms with Crippen LogP contribution in [-0.2, 0) is 12.8 Å². The van der Waals surface area contributed by atoms with Crippen molar-refractivity contribution < 1.29 is 4.79 Å². The number of benzene rings is 1. The average Bonchev–Trinajstić information content (AvgIpc) is 2.77. The Bertz CT molecular complexity index is 971. The van der Waals surface area contributed by atoms with Crippen molar-refractivity contribution in [3.63, 3.8) is 0 Å². The molecule has 172 valence electrons. The van der Waals surface area contributed by atoms with E-state index in [4.69, 9.17) is 21.6 Å². The van der Waals surface area contributed by atoms with Gasteiger partial charge in [0.1, 0.15) is 5.82 Å². The molecule has 0 saturated heterocycles. The first-order valence-electron chi connectivity index (χ1n) is 11.6. The van der Waals surface area contributed by atoms with Crippen LogP contribution in [0.4, 0.5) is 22.2 Å². The van der Waals surface area contributed by atoms with E-state index in [0.717, 1.165) is 61.5 Å². The highest BCUT2D eigenvalue weighted by Gasteiger charge is 2.25. The molecule has 1 saturated carbocycles. The molecule has 0 unspecified atom stereocenters. The molecule has 0 spiro atoms. The summed E-state index contributed by atoms with van der Waals surface area (Å²) in [6.45, 7) is 1.95. The molecule has 2 aromatic rings. The maximum absolute atomic E-state index is 12.4. The van der Waals surface area contributed by atoms with Gasteiger partial charge in [0.25, 0.3) is 0 Å². The van der Waals surface area contributed by atoms with Gasteiger partial charge in [-0.2, -0.15) is 4.98 Å². The highest BCUT2D eigenvalue weighted by Crippen LogP contribution is 2.29. The molecule has 0 atom stereocenters. The predicted molar refractivity (Wildman–Crippen MR) is 131 cm³/mol. The fraction of sp³-hybridized carbons (Fsp3) is 0.542. The number of nitrogens with zero attached hydrogens (tertiary/aromatic N) is 3. The van der Waals surface area contributed by atoms with E-state index >= 15 is 0 Å². The largest absolute Gasteiger partial charge is 0.362 e. The molecule has 1 aromatic carbocycles. The number of anilines is 3. The quantitative estimate of drug-likeness (QED) is 0.594. The number of carbonyl (C=O) groups excluding carboxylic acids is 1. The molecular formula is C24H33ClN6O. The van der Waals surface area contributed by atoms with Crippen molar-refractivity contribution in [1.82, 2.24) is 15.3 Å². The predicted octanol–water partition coefficient (Wildman–Crippen LogP) is 4.93. The number of halogens is 1. The first-order valence-corrected chi connectivity index (χ1v) is 11.9. The lowest BCUT2D eigenvalue weighted by molar-refractivity contribution is 0.243. The number of rotatable bonds is 5. The van der Waals surface area contributed by atoms with E-state index in [2.05, 4.69) is 20.9 Å². The number of nitrogens with one attached hydrogen (secondary N) is 3. The normalized spacial score (nSPS) is 20.2. The second-order valence-electron chi connectivity index (χ2n) is 9.15. The van der Waals surface area contributed by atoms with Crippen molar-refractivity contribution in [2.75, 3.05) is 29.6 Å². The Morgan fingerprint density at radius 1 is 1.06 bits per heavy atom. The van der Waals surface area contributed by atoms with Crippen LogP contribution in [0.1, 0.15) is 55.3 Å². The van der Waals surface area contributed by atoms with Crippen LogP contribution >= 0.6 is 11.6 Å². The summed E-state index contributed by atoms with van der Waals surface area (Å²) in [5.41, 5.74) is 4.23. The van der Waals surface area contributed by atoms with Crippen molar-refractivity contribution in [2.24, 2.45) is 0 Å². The van der Waals surface area contributed by atoms with Gasteiger partial charge in [0.2, 0.25) is 5.95 Å². The van der Waals surface area contributed by atoms with Crippen molar-refractivity contribution in [3.05, 3.63) is 40.0 Å². The Balaban J connectivity index is 1.31. The molecule has 7 nitrogen and oxygen atoms in total. The number of fused-ring (bicyclic) bond motifs is 1. The number of carbonyl (C=O) groups is 1. The van der Waals surface area contributed by atoms with Gasteiger partial charge in [-0.05, 0) is 76.0 Å². The zero-order valence-corrected chi connectivity index (χ0v) is 19.9. The molecule has 0 radical (unpaired) electrons. The standard InChI is InChI=1S/C24H33ClN6O/c1-15-8-9-16(25)14-21(15)29-24(32)27-18-12-10-17(11-13-18)26-23-28-20-7-5-4-6-19(20)22(30-23)31(2)3/h8-9,14,17-18H,4-7,10-13H2,1-3H3,(H,26,28,30)(H2,27,29,32). The number of hydrogen-bond donors (Lipinski definition) is 3. The molecule has 4 rings (SSSR count). The van der Waals surface area contributed by atoms with E-state index in [1.165, 1.54) is 24.1 Å². The lowest BCUT2D eigenvalue weighted by Crippen LogP contribution is -2.42. The Morgan fingerprint density at radius 3 is 2.53 bits per heavy atom. The molecule has 8 heteroatoms. The Labute approximate surface area is 195 Å². The molecule has 3 N–H and O–H groups in total. The van der Waals surface area contributed by atoms with E-state index in [1.54, 1.807) is 6.07 Å². The van der Waals surface area contributed by atoms with Crippen LogP contribution in [0.15, 0.2) is 18.2 Å². The van der Waals surface area contributed by atoms with E-state index < -0.39 is 0 Å². The van der Waals surface area contributed by atoms with E-state index in [1.807, 2.05) is 33.2 Å². The van der Waals surface area contributed by atoms with E-state index in [9.17, 15) is 4.79 Å². The fourth-order valence-electron chi connectivity index (χ4n) is 4.65. The number of hydrogen-bond acceptors (Lipinski definition) is 5. The summed E-state index contributed by atoms with van der Waals surface area (Å²) in [5.74, 6) is 1.78. The van der Waals surface area contributed by atoms with Crippen LogP contribution in [0, 0.1) is 6.92 Å². The third kappa shape index (κ3) is 5.44. The molecular weight excluding hydrogens is 424 g/mol.